The first-order valence-corrected chi connectivity index (χ1v) is 8.30. The van der Waals surface area contributed by atoms with E-state index in [1.807, 2.05) is 36.4 Å². The number of anilines is 1. The van der Waals surface area contributed by atoms with Gasteiger partial charge in [0.25, 0.3) is 5.91 Å². The summed E-state index contributed by atoms with van der Waals surface area (Å²) in [7, 11) is 0. The van der Waals surface area contributed by atoms with Gasteiger partial charge < -0.3 is 5.32 Å². The highest BCUT2D eigenvalue weighted by Crippen LogP contribution is 2.27. The third-order valence-electron chi connectivity index (χ3n) is 3.95. The average molecular weight is 310 g/mol. The van der Waals surface area contributed by atoms with Crippen LogP contribution >= 0.6 is 11.3 Å². The molecule has 0 aliphatic heterocycles. The van der Waals surface area contributed by atoms with Crippen molar-refractivity contribution in [3.8, 4) is 0 Å². The van der Waals surface area contributed by atoms with Gasteiger partial charge in [-0.05, 0) is 42.2 Å². The number of benzene rings is 2. The lowest BCUT2D eigenvalue weighted by atomic mass is 9.97. The van der Waals surface area contributed by atoms with E-state index in [1.54, 1.807) is 16.8 Å². The highest BCUT2D eigenvalue weighted by Gasteiger charge is 2.13. The van der Waals surface area contributed by atoms with Gasteiger partial charge in [0.2, 0.25) is 0 Å². The molecule has 1 atom stereocenters. The lowest BCUT2D eigenvalue weighted by Gasteiger charge is -2.15. The van der Waals surface area contributed by atoms with E-state index in [1.165, 1.54) is 5.56 Å². The largest absolute Gasteiger partial charge is 0.322 e. The summed E-state index contributed by atoms with van der Waals surface area (Å²) in [6.07, 6.45) is 1.04. The third-order valence-corrected chi connectivity index (χ3v) is 4.74. The molecular formula is C18H18N2OS. The van der Waals surface area contributed by atoms with Crippen molar-refractivity contribution in [2.24, 2.45) is 0 Å². The molecule has 1 amide bonds. The van der Waals surface area contributed by atoms with Crippen LogP contribution in [0, 0.1) is 0 Å². The lowest BCUT2D eigenvalue weighted by Crippen LogP contribution is -2.13. The van der Waals surface area contributed by atoms with E-state index in [0.717, 1.165) is 22.3 Å². The molecule has 0 saturated carbocycles. The number of nitrogens with zero attached hydrogens (tertiary/aromatic N) is 1. The first-order chi connectivity index (χ1) is 10.7. The topological polar surface area (TPSA) is 42.0 Å². The minimum Gasteiger partial charge on any atom is -0.322 e. The van der Waals surface area contributed by atoms with E-state index in [0.29, 0.717) is 11.5 Å². The minimum absolute atomic E-state index is 0.0777. The van der Waals surface area contributed by atoms with E-state index in [9.17, 15) is 4.79 Å². The molecule has 0 unspecified atom stereocenters. The Morgan fingerprint density at radius 1 is 1.27 bits per heavy atom. The van der Waals surface area contributed by atoms with Crippen LogP contribution in [0.15, 0.2) is 48.0 Å². The molecule has 3 aromatic rings. The molecule has 3 rings (SSSR count). The Morgan fingerprint density at radius 3 is 2.91 bits per heavy atom. The number of rotatable bonds is 4. The first kappa shape index (κ1) is 14.7. The maximum absolute atomic E-state index is 12.5. The highest BCUT2D eigenvalue weighted by molar-refractivity contribution is 7.16. The maximum atomic E-state index is 12.5. The van der Waals surface area contributed by atoms with Crippen LogP contribution in [0.5, 0.6) is 0 Å². The van der Waals surface area contributed by atoms with Crippen LogP contribution in [-0.4, -0.2) is 10.9 Å². The molecule has 3 nitrogen and oxygen atoms in total. The van der Waals surface area contributed by atoms with Gasteiger partial charge in [-0.25, -0.2) is 4.98 Å². The second-order valence-corrected chi connectivity index (χ2v) is 6.27. The number of fused-ring (bicyclic) bond motifs is 1. The van der Waals surface area contributed by atoms with Gasteiger partial charge >= 0.3 is 0 Å². The fraction of sp³-hybridized carbons (Fsp3) is 0.222. The molecule has 0 bridgehead atoms. The molecule has 0 aliphatic carbocycles. The Kier molecular flexibility index (Phi) is 4.20. The smallest absolute Gasteiger partial charge is 0.255 e. The Bertz CT molecular complexity index is 809. The normalized spacial score (nSPS) is 12.3. The van der Waals surface area contributed by atoms with Gasteiger partial charge in [0.05, 0.1) is 15.7 Å². The van der Waals surface area contributed by atoms with Crippen molar-refractivity contribution in [3.05, 3.63) is 59.1 Å². The highest BCUT2D eigenvalue weighted by atomic mass is 32.1. The number of nitrogens with one attached hydrogen (secondary N) is 1. The lowest BCUT2D eigenvalue weighted by molar-refractivity contribution is 0.102. The van der Waals surface area contributed by atoms with Crippen LogP contribution in [-0.2, 0) is 0 Å². The number of carbonyl (C=O) groups is 1. The molecule has 0 fully saturated rings. The zero-order valence-corrected chi connectivity index (χ0v) is 13.5. The average Bonchev–Trinajstić information content (AvgIpc) is 3.02. The third kappa shape index (κ3) is 2.88. The summed E-state index contributed by atoms with van der Waals surface area (Å²) in [5.74, 6) is 0.339. The van der Waals surface area contributed by atoms with Gasteiger partial charge in [0.15, 0.2) is 0 Å². The summed E-state index contributed by atoms with van der Waals surface area (Å²) in [6.45, 7) is 4.33. The molecule has 0 radical (unpaired) electrons. The van der Waals surface area contributed by atoms with Gasteiger partial charge in [0, 0.05) is 11.3 Å². The number of para-hydroxylation sites is 1. The molecule has 1 N–H and O–H groups in total. The van der Waals surface area contributed by atoms with Crippen LogP contribution < -0.4 is 5.32 Å². The molecular weight excluding hydrogens is 292 g/mol. The summed E-state index contributed by atoms with van der Waals surface area (Å²) >= 11 is 1.55. The van der Waals surface area contributed by atoms with E-state index in [2.05, 4.69) is 30.2 Å². The van der Waals surface area contributed by atoms with E-state index >= 15 is 0 Å². The van der Waals surface area contributed by atoms with Crippen LogP contribution in [0.1, 0.15) is 42.1 Å². The van der Waals surface area contributed by atoms with Crippen molar-refractivity contribution >= 4 is 33.1 Å². The van der Waals surface area contributed by atoms with Gasteiger partial charge in [-0.2, -0.15) is 0 Å². The van der Waals surface area contributed by atoms with Crippen LogP contribution in [0.3, 0.4) is 0 Å². The summed E-state index contributed by atoms with van der Waals surface area (Å²) in [5.41, 5.74) is 5.46. The van der Waals surface area contributed by atoms with Crippen molar-refractivity contribution in [2.45, 2.75) is 26.2 Å². The maximum Gasteiger partial charge on any atom is 0.255 e. The number of hydrogen-bond donors (Lipinski definition) is 1. The van der Waals surface area contributed by atoms with Crippen molar-refractivity contribution in [1.29, 1.82) is 0 Å². The van der Waals surface area contributed by atoms with Gasteiger partial charge in [-0.15, -0.1) is 11.3 Å². The number of thiazole rings is 1. The van der Waals surface area contributed by atoms with Crippen molar-refractivity contribution in [3.63, 3.8) is 0 Å². The Balaban J connectivity index is 1.88. The molecule has 2 aromatic carbocycles. The molecule has 0 saturated heterocycles. The summed E-state index contributed by atoms with van der Waals surface area (Å²) in [6, 6.07) is 13.6. The molecule has 0 aliphatic rings. The van der Waals surface area contributed by atoms with Gasteiger partial charge in [-0.1, -0.05) is 32.0 Å². The van der Waals surface area contributed by atoms with E-state index in [4.69, 9.17) is 0 Å². The van der Waals surface area contributed by atoms with Gasteiger partial charge in [0.1, 0.15) is 0 Å². The molecule has 1 aromatic heterocycles. The number of hydrogen-bond acceptors (Lipinski definition) is 3. The Morgan fingerprint density at radius 2 is 2.09 bits per heavy atom. The van der Waals surface area contributed by atoms with Crippen LogP contribution in [0.25, 0.3) is 10.2 Å². The van der Waals surface area contributed by atoms with Crippen LogP contribution in [0.4, 0.5) is 5.69 Å². The second kappa shape index (κ2) is 6.28. The Labute approximate surface area is 134 Å². The van der Waals surface area contributed by atoms with Crippen LogP contribution in [0.2, 0.25) is 0 Å². The quantitative estimate of drug-likeness (QED) is 0.731. The van der Waals surface area contributed by atoms with E-state index in [-0.39, 0.29) is 5.91 Å². The summed E-state index contributed by atoms with van der Waals surface area (Å²) < 4.78 is 1.03. The number of aromatic nitrogens is 1. The zero-order chi connectivity index (χ0) is 15.5. The number of carbonyl (C=O) groups excluding carboxylic acids is 1. The molecule has 112 valence electrons. The predicted molar refractivity (Wildman–Crippen MR) is 92.7 cm³/mol. The van der Waals surface area contributed by atoms with E-state index < -0.39 is 0 Å². The number of amides is 1. The summed E-state index contributed by atoms with van der Waals surface area (Å²) in [4.78, 5) is 16.8. The minimum atomic E-state index is -0.0777. The predicted octanol–water partition coefficient (Wildman–Crippen LogP) is 5.06. The van der Waals surface area contributed by atoms with Crippen molar-refractivity contribution in [2.75, 3.05) is 5.32 Å². The molecule has 0 spiro atoms. The Hall–Kier alpha value is -2.20. The molecule has 22 heavy (non-hydrogen) atoms. The monoisotopic (exact) mass is 310 g/mol. The fourth-order valence-corrected chi connectivity index (χ4v) is 3.17. The zero-order valence-electron chi connectivity index (χ0n) is 12.7. The van der Waals surface area contributed by atoms with Gasteiger partial charge in [-0.3, -0.25) is 4.79 Å². The SMILES string of the molecule is CC[C@H](C)c1ccccc1NC(=O)c1ccc2ncsc2c1. The van der Waals surface area contributed by atoms with Crippen molar-refractivity contribution in [1.82, 2.24) is 4.98 Å². The first-order valence-electron chi connectivity index (χ1n) is 7.42. The fourth-order valence-electron chi connectivity index (χ4n) is 2.45. The molecule has 1 heterocycles. The standard InChI is InChI=1S/C18H18N2OS/c1-3-12(2)14-6-4-5-7-15(14)20-18(21)13-8-9-16-17(10-13)22-11-19-16/h4-12H,3H2,1-2H3,(H,20,21)/t12-/m0/s1. The molecule has 4 heteroatoms. The van der Waals surface area contributed by atoms with Crippen molar-refractivity contribution < 1.29 is 4.79 Å². The summed E-state index contributed by atoms with van der Waals surface area (Å²) in [5, 5.41) is 3.04. The second-order valence-electron chi connectivity index (χ2n) is 5.39.